The number of rotatable bonds is 4. The maximum Gasteiger partial charge on any atom is 0.262 e. The van der Waals surface area contributed by atoms with Crippen LogP contribution in [0.25, 0.3) is 22.8 Å². The minimum absolute atomic E-state index is 0.315. The molecule has 0 fully saturated rings. The highest BCUT2D eigenvalue weighted by Gasteiger charge is 2.15. The Morgan fingerprint density at radius 1 is 1.00 bits per heavy atom. The molecule has 6 heteroatoms. The molecule has 0 aliphatic carbocycles. The highest BCUT2D eigenvalue weighted by molar-refractivity contribution is 5.66. The van der Waals surface area contributed by atoms with Gasteiger partial charge in [-0.15, -0.1) is 0 Å². The second-order valence-corrected chi connectivity index (χ2v) is 4.50. The van der Waals surface area contributed by atoms with E-state index >= 15 is 0 Å². The average molecular weight is 300 g/mol. The molecule has 1 heterocycles. The topological polar surface area (TPSA) is 57.4 Å². The van der Waals surface area contributed by atoms with Crippen molar-refractivity contribution in [2.45, 2.75) is 0 Å². The van der Waals surface area contributed by atoms with Gasteiger partial charge in [-0.2, -0.15) is 4.98 Å². The van der Waals surface area contributed by atoms with Gasteiger partial charge in [-0.25, -0.2) is 4.39 Å². The van der Waals surface area contributed by atoms with Gasteiger partial charge in [0.25, 0.3) is 5.89 Å². The highest BCUT2D eigenvalue weighted by Crippen LogP contribution is 2.33. The van der Waals surface area contributed by atoms with Crippen molar-refractivity contribution in [1.29, 1.82) is 0 Å². The van der Waals surface area contributed by atoms with Crippen LogP contribution >= 0.6 is 0 Å². The van der Waals surface area contributed by atoms with Crippen LogP contribution < -0.4 is 9.47 Å². The number of benzene rings is 2. The van der Waals surface area contributed by atoms with Crippen LogP contribution in [0, 0.1) is 5.82 Å². The molecule has 1 aromatic heterocycles. The number of aromatic nitrogens is 2. The van der Waals surface area contributed by atoms with Gasteiger partial charge in [0, 0.05) is 11.6 Å². The van der Waals surface area contributed by atoms with Crippen molar-refractivity contribution in [2.24, 2.45) is 0 Å². The molecule has 2 aromatic carbocycles. The fourth-order valence-corrected chi connectivity index (χ4v) is 2.02. The lowest BCUT2D eigenvalue weighted by Gasteiger charge is -2.06. The molecule has 22 heavy (non-hydrogen) atoms. The van der Waals surface area contributed by atoms with E-state index in [9.17, 15) is 4.39 Å². The van der Waals surface area contributed by atoms with Gasteiger partial charge in [-0.1, -0.05) is 5.16 Å². The Hall–Kier alpha value is -2.89. The molecule has 3 rings (SSSR count). The van der Waals surface area contributed by atoms with Crippen LogP contribution in [0.2, 0.25) is 0 Å². The molecule has 0 aliphatic rings. The highest BCUT2D eigenvalue weighted by atomic mass is 19.1. The number of halogens is 1. The van der Waals surface area contributed by atoms with E-state index in [1.807, 2.05) is 0 Å². The lowest BCUT2D eigenvalue weighted by atomic mass is 10.2. The summed E-state index contributed by atoms with van der Waals surface area (Å²) >= 11 is 0. The zero-order valence-corrected chi connectivity index (χ0v) is 12.0. The minimum atomic E-state index is -0.315. The van der Waals surface area contributed by atoms with Crippen LogP contribution in [0.1, 0.15) is 0 Å². The molecule has 3 aromatic rings. The van der Waals surface area contributed by atoms with Crippen molar-refractivity contribution in [1.82, 2.24) is 10.1 Å². The SMILES string of the molecule is COc1ccc(-c2nc(-c3ccc(F)cc3)no2)c(OC)c1. The number of nitrogens with zero attached hydrogens (tertiary/aromatic N) is 2. The molecule has 0 spiro atoms. The Bertz CT molecular complexity index is 784. The Balaban J connectivity index is 1.98. The lowest BCUT2D eigenvalue weighted by Crippen LogP contribution is -1.90. The molecule has 0 atom stereocenters. The van der Waals surface area contributed by atoms with E-state index in [4.69, 9.17) is 14.0 Å². The fourth-order valence-electron chi connectivity index (χ4n) is 2.02. The Morgan fingerprint density at radius 2 is 1.77 bits per heavy atom. The van der Waals surface area contributed by atoms with Crippen LogP contribution in [0.5, 0.6) is 11.5 Å². The average Bonchev–Trinajstić information content (AvgIpc) is 3.04. The number of methoxy groups -OCH3 is 2. The number of ether oxygens (including phenoxy) is 2. The third-order valence-corrected chi connectivity index (χ3v) is 3.17. The smallest absolute Gasteiger partial charge is 0.262 e. The quantitative estimate of drug-likeness (QED) is 0.737. The van der Waals surface area contributed by atoms with E-state index < -0.39 is 0 Å². The summed E-state index contributed by atoms with van der Waals surface area (Å²) < 4.78 is 28.7. The van der Waals surface area contributed by atoms with Crippen LogP contribution in [0.4, 0.5) is 4.39 Å². The predicted octanol–water partition coefficient (Wildman–Crippen LogP) is 3.56. The molecular formula is C16H13FN2O3. The van der Waals surface area contributed by atoms with Crippen LogP contribution in [0.3, 0.4) is 0 Å². The summed E-state index contributed by atoms with van der Waals surface area (Å²) in [7, 11) is 3.13. The van der Waals surface area contributed by atoms with Crippen molar-refractivity contribution in [3.05, 3.63) is 48.3 Å². The first-order chi connectivity index (χ1) is 10.7. The van der Waals surface area contributed by atoms with Gasteiger partial charge in [-0.05, 0) is 36.4 Å². The first-order valence-electron chi connectivity index (χ1n) is 6.53. The monoisotopic (exact) mass is 300 g/mol. The molecule has 0 N–H and O–H groups in total. The summed E-state index contributed by atoms with van der Waals surface area (Å²) in [5.41, 5.74) is 1.33. The Morgan fingerprint density at radius 3 is 2.45 bits per heavy atom. The normalized spacial score (nSPS) is 10.5. The van der Waals surface area contributed by atoms with Crippen LogP contribution in [0.15, 0.2) is 47.0 Å². The standard InChI is InChI=1S/C16H13FN2O3/c1-20-12-7-8-13(14(9-12)21-2)16-18-15(19-22-16)10-3-5-11(17)6-4-10/h3-9H,1-2H3. The predicted molar refractivity (Wildman–Crippen MR) is 78.2 cm³/mol. The molecule has 5 nitrogen and oxygen atoms in total. The van der Waals surface area contributed by atoms with Crippen molar-refractivity contribution in [3.8, 4) is 34.3 Å². The van der Waals surface area contributed by atoms with E-state index in [2.05, 4.69) is 10.1 Å². The molecule has 0 aliphatic heterocycles. The van der Waals surface area contributed by atoms with E-state index in [1.165, 1.54) is 12.1 Å². The Kier molecular flexibility index (Phi) is 3.74. The zero-order valence-electron chi connectivity index (χ0n) is 12.0. The van der Waals surface area contributed by atoms with Crippen LogP contribution in [-0.2, 0) is 0 Å². The maximum atomic E-state index is 13.0. The molecule has 0 saturated carbocycles. The summed E-state index contributed by atoms with van der Waals surface area (Å²) in [6.07, 6.45) is 0. The fraction of sp³-hybridized carbons (Fsp3) is 0.125. The van der Waals surface area contributed by atoms with Gasteiger partial charge < -0.3 is 14.0 Å². The Labute approximate surface area is 126 Å². The van der Waals surface area contributed by atoms with E-state index in [1.54, 1.807) is 44.6 Å². The summed E-state index contributed by atoms with van der Waals surface area (Å²) in [4.78, 5) is 4.32. The number of hydrogen-bond acceptors (Lipinski definition) is 5. The van der Waals surface area contributed by atoms with Crippen molar-refractivity contribution in [3.63, 3.8) is 0 Å². The van der Waals surface area contributed by atoms with E-state index in [0.717, 1.165) is 0 Å². The maximum absolute atomic E-state index is 13.0. The number of hydrogen-bond donors (Lipinski definition) is 0. The molecule has 0 saturated heterocycles. The lowest BCUT2D eigenvalue weighted by molar-refractivity contribution is 0.391. The summed E-state index contributed by atoms with van der Waals surface area (Å²) in [6.45, 7) is 0. The van der Waals surface area contributed by atoms with Gasteiger partial charge in [0.1, 0.15) is 17.3 Å². The molecule has 0 unspecified atom stereocenters. The second kappa shape index (κ2) is 5.85. The van der Waals surface area contributed by atoms with Gasteiger partial charge in [0.05, 0.1) is 19.8 Å². The summed E-state index contributed by atoms with van der Waals surface area (Å²) in [5, 5.41) is 3.92. The van der Waals surface area contributed by atoms with Crippen molar-refractivity contribution < 1.29 is 18.4 Å². The third-order valence-electron chi connectivity index (χ3n) is 3.17. The van der Waals surface area contributed by atoms with Crippen molar-refractivity contribution in [2.75, 3.05) is 14.2 Å². The van der Waals surface area contributed by atoms with E-state index in [0.29, 0.717) is 34.3 Å². The van der Waals surface area contributed by atoms with Gasteiger partial charge >= 0.3 is 0 Å². The molecule has 0 bridgehead atoms. The zero-order chi connectivity index (χ0) is 15.5. The summed E-state index contributed by atoms with van der Waals surface area (Å²) in [6, 6.07) is 11.2. The first kappa shape index (κ1) is 14.1. The molecule has 0 radical (unpaired) electrons. The first-order valence-corrected chi connectivity index (χ1v) is 6.53. The van der Waals surface area contributed by atoms with Gasteiger partial charge in [0.15, 0.2) is 0 Å². The van der Waals surface area contributed by atoms with Gasteiger partial charge in [-0.3, -0.25) is 0 Å². The molecule has 0 amide bonds. The van der Waals surface area contributed by atoms with Crippen molar-refractivity contribution >= 4 is 0 Å². The molecular weight excluding hydrogens is 287 g/mol. The largest absolute Gasteiger partial charge is 0.497 e. The third kappa shape index (κ3) is 2.63. The van der Waals surface area contributed by atoms with Gasteiger partial charge in [0.2, 0.25) is 5.82 Å². The second-order valence-electron chi connectivity index (χ2n) is 4.50. The minimum Gasteiger partial charge on any atom is -0.497 e. The summed E-state index contributed by atoms with van der Waals surface area (Å²) in [5.74, 6) is 1.61. The molecule has 112 valence electrons. The van der Waals surface area contributed by atoms with E-state index in [-0.39, 0.29) is 5.82 Å². The van der Waals surface area contributed by atoms with Crippen LogP contribution in [-0.4, -0.2) is 24.4 Å².